The van der Waals surface area contributed by atoms with Crippen LogP contribution in [0.2, 0.25) is 4.34 Å². The Balaban J connectivity index is 1.72. The topological polar surface area (TPSA) is 86.9 Å². The number of nitrogens with one attached hydrogen (secondary N) is 2. The van der Waals surface area contributed by atoms with Crippen molar-refractivity contribution in [2.45, 2.75) is 6.54 Å². The van der Waals surface area contributed by atoms with Gasteiger partial charge in [0.15, 0.2) is 0 Å². The molecule has 0 spiro atoms. The van der Waals surface area contributed by atoms with Crippen molar-refractivity contribution in [1.82, 2.24) is 25.2 Å². The Morgan fingerprint density at radius 3 is 2.62 bits per heavy atom. The van der Waals surface area contributed by atoms with Crippen LogP contribution in [0.3, 0.4) is 0 Å². The van der Waals surface area contributed by atoms with E-state index in [0.717, 1.165) is 16.9 Å². The first-order valence-corrected chi connectivity index (χ1v) is 8.95. The molecule has 0 saturated carbocycles. The van der Waals surface area contributed by atoms with E-state index in [2.05, 4.69) is 15.6 Å². The first-order valence-electron chi connectivity index (χ1n) is 7.75. The van der Waals surface area contributed by atoms with Crippen molar-refractivity contribution in [1.29, 1.82) is 5.41 Å². The summed E-state index contributed by atoms with van der Waals surface area (Å²) < 4.78 is 2.23. The third-order valence-electron chi connectivity index (χ3n) is 3.68. The molecular weight excluding hydrogens is 372 g/mol. The molecule has 134 valence electrons. The molecule has 7 nitrogen and oxygen atoms in total. The number of benzene rings is 1. The van der Waals surface area contributed by atoms with Crippen LogP contribution < -0.4 is 5.32 Å². The van der Waals surface area contributed by atoms with Crippen molar-refractivity contribution in [3.8, 4) is 5.69 Å². The highest BCUT2D eigenvalue weighted by atomic mass is 35.5. The second-order valence-electron chi connectivity index (χ2n) is 5.71. The van der Waals surface area contributed by atoms with Gasteiger partial charge in [-0.25, -0.2) is 4.68 Å². The zero-order chi connectivity index (χ0) is 18.7. The van der Waals surface area contributed by atoms with Gasteiger partial charge in [0.05, 0.1) is 33.3 Å². The molecule has 2 aromatic heterocycles. The third-order valence-corrected chi connectivity index (χ3v) is 4.91. The van der Waals surface area contributed by atoms with Crippen LogP contribution in [0.5, 0.6) is 0 Å². The lowest BCUT2D eigenvalue weighted by Gasteiger charge is -2.14. The standard InChI is InChI=1S/C17H17ClN6OS/c1-23(2)16(19)11-3-5-12(6-4-11)24-13(10-21-22-24)9-20-17(25)14-7-8-15(18)26-14/h3-8,10,19H,9H2,1-2H3,(H,20,25). The van der Waals surface area contributed by atoms with Crippen molar-refractivity contribution in [3.05, 3.63) is 63.1 Å². The van der Waals surface area contributed by atoms with Gasteiger partial charge in [0.25, 0.3) is 5.91 Å². The molecule has 3 aromatic rings. The molecule has 0 fully saturated rings. The van der Waals surface area contributed by atoms with Crippen molar-refractivity contribution >= 4 is 34.7 Å². The van der Waals surface area contributed by atoms with Crippen LogP contribution in [0.1, 0.15) is 20.9 Å². The van der Waals surface area contributed by atoms with Gasteiger partial charge in [0.2, 0.25) is 0 Å². The highest BCUT2D eigenvalue weighted by Gasteiger charge is 2.12. The molecule has 26 heavy (non-hydrogen) atoms. The Bertz CT molecular complexity index is 931. The molecule has 3 rings (SSSR count). The summed E-state index contributed by atoms with van der Waals surface area (Å²) in [6.07, 6.45) is 1.61. The zero-order valence-electron chi connectivity index (χ0n) is 14.2. The fourth-order valence-corrected chi connectivity index (χ4v) is 3.27. The summed E-state index contributed by atoms with van der Waals surface area (Å²) in [6, 6.07) is 10.8. The summed E-state index contributed by atoms with van der Waals surface area (Å²) in [5, 5.41) is 18.9. The molecule has 2 N–H and O–H groups in total. The molecule has 0 bridgehead atoms. The van der Waals surface area contributed by atoms with Gasteiger partial charge in [-0.15, -0.1) is 16.4 Å². The predicted molar refractivity (Wildman–Crippen MR) is 102 cm³/mol. The lowest BCUT2D eigenvalue weighted by atomic mass is 10.2. The summed E-state index contributed by atoms with van der Waals surface area (Å²) in [5.41, 5.74) is 2.36. The summed E-state index contributed by atoms with van der Waals surface area (Å²) in [5.74, 6) is 0.238. The maximum Gasteiger partial charge on any atom is 0.261 e. The Labute approximate surface area is 159 Å². The molecule has 1 aromatic carbocycles. The average Bonchev–Trinajstić information content (AvgIpc) is 3.28. The second kappa shape index (κ2) is 7.67. The molecule has 2 heterocycles. The molecule has 0 radical (unpaired) electrons. The third kappa shape index (κ3) is 3.92. The molecular formula is C17H17ClN6OS. The maximum absolute atomic E-state index is 12.1. The van der Waals surface area contributed by atoms with Crippen LogP contribution in [0.4, 0.5) is 0 Å². The van der Waals surface area contributed by atoms with Gasteiger partial charge in [-0.1, -0.05) is 16.8 Å². The summed E-state index contributed by atoms with van der Waals surface area (Å²) >= 11 is 7.09. The Kier molecular flexibility index (Phi) is 5.34. The number of hydrogen-bond donors (Lipinski definition) is 2. The summed E-state index contributed by atoms with van der Waals surface area (Å²) in [4.78, 5) is 14.4. The van der Waals surface area contributed by atoms with Crippen LogP contribution in [0.25, 0.3) is 5.69 Å². The van der Waals surface area contributed by atoms with E-state index in [1.165, 1.54) is 11.3 Å². The first kappa shape index (κ1) is 18.1. The number of thiophene rings is 1. The summed E-state index contributed by atoms with van der Waals surface area (Å²) in [6.45, 7) is 0.288. The van der Waals surface area contributed by atoms with Crippen molar-refractivity contribution in [3.63, 3.8) is 0 Å². The summed E-state index contributed by atoms with van der Waals surface area (Å²) in [7, 11) is 3.66. The minimum Gasteiger partial charge on any atom is -0.363 e. The lowest BCUT2D eigenvalue weighted by Crippen LogP contribution is -2.23. The fraction of sp³-hybridized carbons (Fsp3) is 0.176. The number of carbonyl (C=O) groups is 1. The van der Waals surface area contributed by atoms with Gasteiger partial charge in [-0.2, -0.15) is 0 Å². The quantitative estimate of drug-likeness (QED) is 0.519. The second-order valence-corrected chi connectivity index (χ2v) is 7.43. The Morgan fingerprint density at radius 1 is 1.27 bits per heavy atom. The number of halogens is 1. The normalized spacial score (nSPS) is 10.6. The van der Waals surface area contributed by atoms with E-state index in [0.29, 0.717) is 15.0 Å². The molecule has 0 saturated heterocycles. The van der Waals surface area contributed by atoms with E-state index >= 15 is 0 Å². The average molecular weight is 389 g/mol. The Morgan fingerprint density at radius 2 is 2.00 bits per heavy atom. The van der Waals surface area contributed by atoms with E-state index < -0.39 is 0 Å². The van der Waals surface area contributed by atoms with Gasteiger partial charge in [0.1, 0.15) is 5.84 Å². The van der Waals surface area contributed by atoms with E-state index in [9.17, 15) is 4.79 Å². The van der Waals surface area contributed by atoms with Gasteiger partial charge in [-0.3, -0.25) is 10.2 Å². The largest absolute Gasteiger partial charge is 0.363 e. The monoisotopic (exact) mass is 388 g/mol. The van der Waals surface area contributed by atoms with Crippen LogP contribution in [0, 0.1) is 5.41 Å². The molecule has 0 atom stereocenters. The maximum atomic E-state index is 12.1. The molecule has 0 unspecified atom stereocenters. The van der Waals surface area contributed by atoms with E-state index in [1.54, 1.807) is 27.9 Å². The lowest BCUT2D eigenvalue weighted by molar-refractivity contribution is 0.0954. The number of nitrogens with zero attached hydrogens (tertiary/aromatic N) is 4. The highest BCUT2D eigenvalue weighted by molar-refractivity contribution is 7.17. The number of amides is 1. The predicted octanol–water partition coefficient (Wildman–Crippen LogP) is 2.80. The molecule has 1 amide bonds. The Hall–Kier alpha value is -2.71. The molecule has 9 heteroatoms. The number of carbonyl (C=O) groups excluding carboxylic acids is 1. The van der Waals surface area contributed by atoms with Crippen LogP contribution >= 0.6 is 22.9 Å². The van der Waals surface area contributed by atoms with E-state index in [1.807, 2.05) is 38.4 Å². The van der Waals surface area contributed by atoms with E-state index in [4.69, 9.17) is 17.0 Å². The smallest absolute Gasteiger partial charge is 0.261 e. The minimum absolute atomic E-state index is 0.190. The fourth-order valence-electron chi connectivity index (χ4n) is 2.31. The zero-order valence-corrected chi connectivity index (χ0v) is 15.8. The van der Waals surface area contributed by atoms with Crippen molar-refractivity contribution in [2.24, 2.45) is 0 Å². The molecule has 0 aliphatic rings. The van der Waals surface area contributed by atoms with Crippen molar-refractivity contribution in [2.75, 3.05) is 14.1 Å². The SMILES string of the molecule is CN(C)C(=N)c1ccc(-n2nncc2CNC(=O)c2ccc(Cl)s2)cc1. The van der Waals surface area contributed by atoms with Gasteiger partial charge >= 0.3 is 0 Å². The van der Waals surface area contributed by atoms with Gasteiger partial charge in [0, 0.05) is 19.7 Å². The highest BCUT2D eigenvalue weighted by Crippen LogP contribution is 2.21. The number of amidine groups is 1. The van der Waals surface area contributed by atoms with Crippen molar-refractivity contribution < 1.29 is 4.79 Å². The molecule has 0 aliphatic carbocycles. The van der Waals surface area contributed by atoms with Crippen LogP contribution in [-0.2, 0) is 6.54 Å². The van der Waals surface area contributed by atoms with Crippen LogP contribution in [0.15, 0.2) is 42.6 Å². The number of aromatic nitrogens is 3. The first-order chi connectivity index (χ1) is 12.5. The van der Waals surface area contributed by atoms with Crippen LogP contribution in [-0.4, -0.2) is 45.7 Å². The van der Waals surface area contributed by atoms with Gasteiger partial charge in [-0.05, 0) is 36.4 Å². The number of hydrogen-bond acceptors (Lipinski definition) is 5. The minimum atomic E-state index is -0.190. The van der Waals surface area contributed by atoms with Gasteiger partial charge < -0.3 is 10.2 Å². The van der Waals surface area contributed by atoms with E-state index in [-0.39, 0.29) is 12.5 Å². The number of rotatable bonds is 5. The molecule has 0 aliphatic heterocycles.